The van der Waals surface area contributed by atoms with E-state index >= 15 is 0 Å². The number of hydrogen-bond donors (Lipinski definition) is 1. The summed E-state index contributed by atoms with van der Waals surface area (Å²) in [5.41, 5.74) is 8.76. The Balaban J connectivity index is 1.70. The monoisotopic (exact) mass is 289 g/mol. The van der Waals surface area contributed by atoms with Gasteiger partial charge in [0.2, 0.25) is 0 Å². The van der Waals surface area contributed by atoms with Crippen LogP contribution in [-0.2, 0) is 0 Å². The Morgan fingerprint density at radius 3 is 2.57 bits per heavy atom. The molecule has 0 saturated carbocycles. The SMILES string of the molecule is CCCCCCCCCC1CC(N)c2cc(C)ccc2O1. The smallest absolute Gasteiger partial charge is 0.124 e. The van der Waals surface area contributed by atoms with Crippen LogP contribution in [0.1, 0.15) is 81.9 Å². The second kappa shape index (κ2) is 8.43. The van der Waals surface area contributed by atoms with Crippen LogP contribution in [-0.4, -0.2) is 6.10 Å². The van der Waals surface area contributed by atoms with Gasteiger partial charge in [-0.3, -0.25) is 0 Å². The van der Waals surface area contributed by atoms with Crippen molar-refractivity contribution >= 4 is 0 Å². The molecule has 2 rings (SSSR count). The fraction of sp³-hybridized carbons (Fsp3) is 0.684. The average Bonchev–Trinajstić information content (AvgIpc) is 2.47. The molecule has 2 N–H and O–H groups in total. The van der Waals surface area contributed by atoms with Crippen molar-refractivity contribution in [3.05, 3.63) is 29.3 Å². The van der Waals surface area contributed by atoms with E-state index in [1.54, 1.807) is 0 Å². The van der Waals surface area contributed by atoms with Gasteiger partial charge in [-0.2, -0.15) is 0 Å². The van der Waals surface area contributed by atoms with Crippen LogP contribution in [0.4, 0.5) is 0 Å². The van der Waals surface area contributed by atoms with E-state index in [1.807, 2.05) is 0 Å². The predicted octanol–water partition coefficient (Wildman–Crippen LogP) is 5.29. The molecule has 1 heterocycles. The van der Waals surface area contributed by atoms with Gasteiger partial charge in [-0.25, -0.2) is 0 Å². The lowest BCUT2D eigenvalue weighted by atomic mass is 9.93. The molecule has 0 aliphatic carbocycles. The molecule has 0 fully saturated rings. The van der Waals surface area contributed by atoms with E-state index in [0.29, 0.717) is 6.10 Å². The summed E-state index contributed by atoms with van der Waals surface area (Å²) in [4.78, 5) is 0. The number of ether oxygens (including phenoxy) is 1. The third kappa shape index (κ3) is 5.03. The summed E-state index contributed by atoms with van der Waals surface area (Å²) in [6.45, 7) is 4.38. The van der Waals surface area contributed by atoms with Crippen molar-refractivity contribution < 1.29 is 4.74 Å². The minimum Gasteiger partial charge on any atom is -0.490 e. The Hall–Kier alpha value is -1.02. The summed E-state index contributed by atoms with van der Waals surface area (Å²) in [5, 5.41) is 0. The maximum atomic E-state index is 6.31. The van der Waals surface area contributed by atoms with Crippen LogP contribution >= 0.6 is 0 Å². The second-order valence-electron chi connectivity index (χ2n) is 6.53. The van der Waals surface area contributed by atoms with Crippen LogP contribution in [0.3, 0.4) is 0 Å². The van der Waals surface area contributed by atoms with Gasteiger partial charge in [0.15, 0.2) is 0 Å². The molecule has 0 saturated heterocycles. The highest BCUT2D eigenvalue weighted by Crippen LogP contribution is 2.35. The van der Waals surface area contributed by atoms with E-state index in [0.717, 1.165) is 18.6 Å². The molecule has 0 amide bonds. The summed E-state index contributed by atoms with van der Waals surface area (Å²) >= 11 is 0. The van der Waals surface area contributed by atoms with E-state index in [9.17, 15) is 0 Å². The van der Waals surface area contributed by atoms with Crippen molar-refractivity contribution in [3.8, 4) is 5.75 Å². The number of benzene rings is 1. The van der Waals surface area contributed by atoms with Gasteiger partial charge in [-0.1, -0.05) is 63.1 Å². The first-order chi connectivity index (χ1) is 10.2. The zero-order valence-electron chi connectivity index (χ0n) is 13.7. The number of hydrogen-bond acceptors (Lipinski definition) is 2. The van der Waals surface area contributed by atoms with Crippen LogP contribution in [0.2, 0.25) is 0 Å². The molecule has 0 aromatic heterocycles. The maximum absolute atomic E-state index is 6.31. The van der Waals surface area contributed by atoms with E-state index in [-0.39, 0.29) is 6.04 Å². The molecule has 2 heteroatoms. The molecule has 118 valence electrons. The molecule has 1 aromatic rings. The normalized spacial score (nSPS) is 20.9. The van der Waals surface area contributed by atoms with Gasteiger partial charge in [-0.15, -0.1) is 0 Å². The van der Waals surface area contributed by atoms with E-state index in [4.69, 9.17) is 10.5 Å². The zero-order valence-corrected chi connectivity index (χ0v) is 13.7. The summed E-state index contributed by atoms with van der Waals surface area (Å²) in [7, 11) is 0. The maximum Gasteiger partial charge on any atom is 0.124 e. The molecular formula is C19H31NO. The first kappa shape index (κ1) is 16.4. The third-order valence-corrected chi connectivity index (χ3v) is 4.50. The number of aryl methyl sites for hydroxylation is 1. The van der Waals surface area contributed by atoms with Gasteiger partial charge in [0.25, 0.3) is 0 Å². The van der Waals surface area contributed by atoms with Crippen molar-refractivity contribution in [2.75, 3.05) is 0 Å². The van der Waals surface area contributed by atoms with Crippen molar-refractivity contribution in [1.82, 2.24) is 0 Å². The standard InChI is InChI=1S/C19H31NO/c1-3-4-5-6-7-8-9-10-16-14-18(20)17-13-15(2)11-12-19(17)21-16/h11-13,16,18H,3-10,14,20H2,1-2H3. The van der Waals surface area contributed by atoms with Crippen molar-refractivity contribution in [2.45, 2.75) is 83.8 Å². The molecule has 2 atom stereocenters. The van der Waals surface area contributed by atoms with Crippen molar-refractivity contribution in [1.29, 1.82) is 0 Å². The zero-order chi connectivity index (χ0) is 15.1. The quantitative estimate of drug-likeness (QED) is 0.660. The Kier molecular flexibility index (Phi) is 6.56. The molecule has 2 unspecified atom stereocenters. The number of rotatable bonds is 8. The second-order valence-corrected chi connectivity index (χ2v) is 6.53. The lowest BCUT2D eigenvalue weighted by Gasteiger charge is -2.30. The first-order valence-corrected chi connectivity index (χ1v) is 8.73. The van der Waals surface area contributed by atoms with Gasteiger partial charge in [0, 0.05) is 18.0 Å². The molecular weight excluding hydrogens is 258 g/mol. The summed E-state index contributed by atoms with van der Waals surface area (Å²) in [6.07, 6.45) is 11.9. The Labute approximate surface area is 130 Å². The van der Waals surface area contributed by atoms with Gasteiger partial charge in [0.1, 0.15) is 11.9 Å². The Morgan fingerprint density at radius 1 is 1.10 bits per heavy atom. The first-order valence-electron chi connectivity index (χ1n) is 8.73. The van der Waals surface area contributed by atoms with Crippen molar-refractivity contribution in [2.24, 2.45) is 5.73 Å². The highest BCUT2D eigenvalue weighted by Gasteiger charge is 2.25. The van der Waals surface area contributed by atoms with Gasteiger partial charge in [-0.05, 0) is 25.8 Å². The summed E-state index contributed by atoms with van der Waals surface area (Å²) < 4.78 is 6.12. The van der Waals surface area contributed by atoms with Crippen LogP contribution in [0.15, 0.2) is 18.2 Å². The molecule has 2 nitrogen and oxygen atoms in total. The van der Waals surface area contributed by atoms with E-state index in [1.165, 1.54) is 56.1 Å². The van der Waals surface area contributed by atoms with Gasteiger partial charge < -0.3 is 10.5 Å². The molecule has 1 aliphatic rings. The largest absolute Gasteiger partial charge is 0.490 e. The molecule has 0 spiro atoms. The molecule has 1 aliphatic heterocycles. The highest BCUT2D eigenvalue weighted by molar-refractivity contribution is 5.40. The van der Waals surface area contributed by atoms with E-state index < -0.39 is 0 Å². The van der Waals surface area contributed by atoms with Crippen LogP contribution in [0.25, 0.3) is 0 Å². The van der Waals surface area contributed by atoms with E-state index in [2.05, 4.69) is 32.0 Å². The summed E-state index contributed by atoms with van der Waals surface area (Å²) in [5.74, 6) is 1.01. The number of nitrogens with two attached hydrogens (primary N) is 1. The lowest BCUT2D eigenvalue weighted by Crippen LogP contribution is -2.29. The third-order valence-electron chi connectivity index (χ3n) is 4.50. The Bertz CT molecular complexity index is 430. The fourth-order valence-corrected chi connectivity index (χ4v) is 3.21. The molecule has 21 heavy (non-hydrogen) atoms. The fourth-order valence-electron chi connectivity index (χ4n) is 3.21. The average molecular weight is 289 g/mol. The predicted molar refractivity (Wildman–Crippen MR) is 89.8 cm³/mol. The van der Waals surface area contributed by atoms with Crippen LogP contribution < -0.4 is 10.5 Å². The highest BCUT2D eigenvalue weighted by atomic mass is 16.5. The van der Waals surface area contributed by atoms with Crippen LogP contribution in [0.5, 0.6) is 5.75 Å². The minimum absolute atomic E-state index is 0.142. The summed E-state index contributed by atoms with van der Waals surface area (Å²) in [6, 6.07) is 6.51. The molecule has 1 aromatic carbocycles. The topological polar surface area (TPSA) is 35.2 Å². The van der Waals surface area contributed by atoms with Crippen LogP contribution in [0, 0.1) is 6.92 Å². The molecule has 0 radical (unpaired) electrons. The number of fused-ring (bicyclic) bond motifs is 1. The Morgan fingerprint density at radius 2 is 1.81 bits per heavy atom. The molecule has 0 bridgehead atoms. The lowest BCUT2D eigenvalue weighted by molar-refractivity contribution is 0.146. The number of unbranched alkanes of at least 4 members (excludes halogenated alkanes) is 6. The minimum atomic E-state index is 0.142. The van der Waals surface area contributed by atoms with Gasteiger partial charge in [0.05, 0.1) is 0 Å². The van der Waals surface area contributed by atoms with Gasteiger partial charge >= 0.3 is 0 Å². The van der Waals surface area contributed by atoms with Crippen molar-refractivity contribution in [3.63, 3.8) is 0 Å².